The van der Waals surface area contributed by atoms with E-state index in [2.05, 4.69) is 5.32 Å². The Hall–Kier alpha value is -2.24. The third-order valence-corrected chi connectivity index (χ3v) is 5.31. The van der Waals surface area contributed by atoms with E-state index >= 15 is 0 Å². The van der Waals surface area contributed by atoms with E-state index < -0.39 is 0 Å². The molecule has 0 spiro atoms. The summed E-state index contributed by atoms with van der Waals surface area (Å²) >= 11 is 0. The number of nitrogens with zero attached hydrogens (tertiary/aromatic N) is 1. The molecule has 5 nitrogen and oxygen atoms in total. The number of nitrogens with one attached hydrogen (secondary N) is 1. The van der Waals surface area contributed by atoms with Gasteiger partial charge in [0.2, 0.25) is 0 Å². The van der Waals surface area contributed by atoms with Gasteiger partial charge in [-0.2, -0.15) is 0 Å². The van der Waals surface area contributed by atoms with Crippen molar-refractivity contribution in [3.63, 3.8) is 0 Å². The molecule has 0 aliphatic carbocycles. The van der Waals surface area contributed by atoms with Gasteiger partial charge < -0.3 is 19.7 Å². The lowest BCUT2D eigenvalue weighted by Gasteiger charge is -2.24. The zero-order chi connectivity index (χ0) is 18.5. The van der Waals surface area contributed by atoms with Gasteiger partial charge in [0.1, 0.15) is 18.1 Å². The van der Waals surface area contributed by atoms with E-state index in [9.17, 15) is 4.79 Å². The first-order chi connectivity index (χ1) is 13.3. The summed E-state index contributed by atoms with van der Waals surface area (Å²) in [7, 11) is 0. The first kappa shape index (κ1) is 20.5. The van der Waals surface area contributed by atoms with Crippen molar-refractivity contribution in [3.05, 3.63) is 60.2 Å². The quantitative estimate of drug-likeness (QED) is 0.804. The molecule has 1 amide bonds. The number of hydrogen-bond acceptors (Lipinski definition) is 4. The van der Waals surface area contributed by atoms with Crippen molar-refractivity contribution >= 4 is 18.3 Å². The van der Waals surface area contributed by atoms with Crippen molar-refractivity contribution in [3.8, 4) is 11.5 Å². The number of carbonyl (C=O) groups is 1. The van der Waals surface area contributed by atoms with Gasteiger partial charge in [-0.1, -0.05) is 30.3 Å². The number of benzene rings is 2. The Morgan fingerprint density at radius 2 is 1.61 bits per heavy atom. The van der Waals surface area contributed by atoms with E-state index in [4.69, 9.17) is 9.47 Å². The lowest BCUT2D eigenvalue weighted by Crippen LogP contribution is -2.41. The second-order valence-electron chi connectivity index (χ2n) is 7.30. The standard InChI is InChI=1S/C22H26N2O3.ClH/c25-22(24-13-12-18-6-7-19(14-24)23-18)16-27-21-10-8-20(9-11-21)26-15-17-4-2-1-3-5-17;/h1-5,8-11,18-19,23H,6-7,12-16H2;1H. The lowest BCUT2D eigenvalue weighted by molar-refractivity contribution is -0.133. The molecule has 28 heavy (non-hydrogen) atoms. The van der Waals surface area contributed by atoms with Crippen molar-refractivity contribution in [2.24, 2.45) is 0 Å². The molecular formula is C22H27ClN2O3. The number of rotatable bonds is 6. The number of ether oxygens (including phenoxy) is 2. The number of amides is 1. The van der Waals surface area contributed by atoms with Gasteiger partial charge >= 0.3 is 0 Å². The summed E-state index contributed by atoms with van der Waals surface area (Å²) in [5.41, 5.74) is 1.13. The van der Waals surface area contributed by atoms with Gasteiger partial charge in [-0.3, -0.25) is 4.79 Å². The average molecular weight is 403 g/mol. The predicted molar refractivity (Wildman–Crippen MR) is 111 cm³/mol. The fraction of sp³-hybridized carbons (Fsp3) is 0.409. The van der Waals surface area contributed by atoms with Gasteiger partial charge in [0.15, 0.2) is 6.61 Å². The van der Waals surface area contributed by atoms with Crippen LogP contribution in [0.5, 0.6) is 11.5 Å². The highest BCUT2D eigenvalue weighted by molar-refractivity contribution is 5.85. The summed E-state index contributed by atoms with van der Waals surface area (Å²) in [5, 5.41) is 3.59. The van der Waals surface area contributed by atoms with Crippen LogP contribution in [0.2, 0.25) is 0 Å². The van der Waals surface area contributed by atoms with Crippen LogP contribution in [-0.2, 0) is 11.4 Å². The fourth-order valence-electron chi connectivity index (χ4n) is 3.78. The molecule has 2 saturated heterocycles. The maximum Gasteiger partial charge on any atom is 0.260 e. The third kappa shape index (κ3) is 5.40. The molecular weight excluding hydrogens is 376 g/mol. The number of hydrogen-bond donors (Lipinski definition) is 1. The highest BCUT2D eigenvalue weighted by atomic mass is 35.5. The van der Waals surface area contributed by atoms with Crippen molar-refractivity contribution in [2.45, 2.75) is 38.0 Å². The summed E-state index contributed by atoms with van der Waals surface area (Å²) in [6.45, 7) is 2.24. The van der Waals surface area contributed by atoms with Crippen LogP contribution in [0, 0.1) is 0 Å². The van der Waals surface area contributed by atoms with E-state index in [1.165, 1.54) is 12.8 Å². The molecule has 0 aromatic heterocycles. The summed E-state index contributed by atoms with van der Waals surface area (Å²) < 4.78 is 11.5. The van der Waals surface area contributed by atoms with Gasteiger partial charge in [0.05, 0.1) is 0 Å². The second-order valence-corrected chi connectivity index (χ2v) is 7.30. The Morgan fingerprint density at radius 3 is 2.36 bits per heavy atom. The van der Waals surface area contributed by atoms with Gasteiger partial charge in [-0.15, -0.1) is 12.4 Å². The van der Waals surface area contributed by atoms with Crippen molar-refractivity contribution in [1.82, 2.24) is 10.2 Å². The van der Waals surface area contributed by atoms with Crippen molar-refractivity contribution in [2.75, 3.05) is 19.7 Å². The molecule has 2 aliphatic heterocycles. The Balaban J connectivity index is 0.00000225. The predicted octanol–water partition coefficient (Wildman–Crippen LogP) is 3.42. The van der Waals surface area contributed by atoms with Crippen molar-refractivity contribution < 1.29 is 14.3 Å². The van der Waals surface area contributed by atoms with Crippen molar-refractivity contribution in [1.29, 1.82) is 0 Å². The molecule has 2 bridgehead atoms. The number of fused-ring (bicyclic) bond motifs is 2. The highest BCUT2D eigenvalue weighted by Crippen LogP contribution is 2.21. The Morgan fingerprint density at radius 1 is 0.929 bits per heavy atom. The molecule has 6 heteroatoms. The molecule has 2 aromatic carbocycles. The summed E-state index contributed by atoms with van der Waals surface area (Å²) in [6, 6.07) is 18.5. The van der Waals surface area contributed by atoms with E-state index in [1.807, 2.05) is 59.5 Å². The van der Waals surface area contributed by atoms with Crippen LogP contribution in [0.25, 0.3) is 0 Å². The smallest absolute Gasteiger partial charge is 0.260 e. The van der Waals surface area contributed by atoms with E-state index in [1.54, 1.807) is 0 Å². The molecule has 2 atom stereocenters. The topological polar surface area (TPSA) is 50.8 Å². The zero-order valence-electron chi connectivity index (χ0n) is 15.9. The molecule has 2 aromatic rings. The molecule has 2 heterocycles. The molecule has 2 aliphatic rings. The van der Waals surface area contributed by atoms with E-state index in [-0.39, 0.29) is 24.9 Å². The van der Waals surface area contributed by atoms with Gasteiger partial charge in [0, 0.05) is 25.2 Å². The minimum atomic E-state index is 0. The van der Waals surface area contributed by atoms with Crippen LogP contribution >= 0.6 is 12.4 Å². The van der Waals surface area contributed by atoms with E-state index in [0.29, 0.717) is 24.4 Å². The molecule has 1 N–H and O–H groups in total. The maximum absolute atomic E-state index is 12.5. The first-order valence-corrected chi connectivity index (χ1v) is 9.70. The summed E-state index contributed by atoms with van der Waals surface area (Å²) in [6.07, 6.45) is 3.44. The van der Waals surface area contributed by atoms with Crippen LogP contribution in [0.1, 0.15) is 24.8 Å². The highest BCUT2D eigenvalue weighted by Gasteiger charge is 2.31. The number of carbonyl (C=O) groups excluding carboxylic acids is 1. The number of likely N-dealkylation sites (tertiary alicyclic amines) is 1. The minimum absolute atomic E-state index is 0. The molecule has 0 radical (unpaired) electrons. The fourth-order valence-corrected chi connectivity index (χ4v) is 3.78. The maximum atomic E-state index is 12.5. The molecule has 2 fully saturated rings. The monoisotopic (exact) mass is 402 g/mol. The van der Waals surface area contributed by atoms with Gasteiger partial charge in [-0.05, 0) is 49.1 Å². The molecule has 2 unspecified atom stereocenters. The Bertz CT molecular complexity index is 754. The molecule has 150 valence electrons. The van der Waals surface area contributed by atoms with Gasteiger partial charge in [0.25, 0.3) is 5.91 Å². The Kier molecular flexibility index (Phi) is 7.18. The normalized spacial score (nSPS) is 20.8. The number of halogens is 1. The largest absolute Gasteiger partial charge is 0.489 e. The zero-order valence-corrected chi connectivity index (χ0v) is 16.7. The van der Waals surface area contributed by atoms with Crippen LogP contribution in [0.3, 0.4) is 0 Å². The summed E-state index contributed by atoms with van der Waals surface area (Å²) in [4.78, 5) is 14.4. The minimum Gasteiger partial charge on any atom is -0.489 e. The van der Waals surface area contributed by atoms with Crippen LogP contribution in [0.4, 0.5) is 0 Å². The molecule has 4 rings (SSSR count). The van der Waals surface area contributed by atoms with Crippen LogP contribution in [-0.4, -0.2) is 42.6 Å². The van der Waals surface area contributed by atoms with Crippen LogP contribution in [0.15, 0.2) is 54.6 Å². The summed E-state index contributed by atoms with van der Waals surface area (Å²) in [5.74, 6) is 1.53. The average Bonchev–Trinajstić information content (AvgIpc) is 3.04. The Labute approximate surface area is 172 Å². The first-order valence-electron chi connectivity index (χ1n) is 9.70. The second kappa shape index (κ2) is 9.80. The molecule has 0 saturated carbocycles. The SMILES string of the molecule is Cl.O=C(COc1ccc(OCc2ccccc2)cc1)N1CCC2CCC(C1)N2. The van der Waals surface area contributed by atoms with Gasteiger partial charge in [-0.25, -0.2) is 0 Å². The van der Waals surface area contributed by atoms with Crippen LogP contribution < -0.4 is 14.8 Å². The third-order valence-electron chi connectivity index (χ3n) is 5.31. The lowest BCUT2D eigenvalue weighted by atomic mass is 10.1. The van der Waals surface area contributed by atoms with E-state index in [0.717, 1.165) is 30.8 Å².